The summed E-state index contributed by atoms with van der Waals surface area (Å²) < 4.78 is 1.74. The molecule has 2 N–H and O–H groups in total. The third-order valence-electron chi connectivity index (χ3n) is 5.34. The molecule has 146 valence electrons. The lowest BCUT2D eigenvalue weighted by Gasteiger charge is -2.33. The van der Waals surface area contributed by atoms with E-state index in [4.69, 9.17) is 11.6 Å². The molecule has 0 bridgehead atoms. The van der Waals surface area contributed by atoms with Crippen LogP contribution in [-0.2, 0) is 0 Å². The number of hydrogen-bond acceptors (Lipinski definition) is 4. The summed E-state index contributed by atoms with van der Waals surface area (Å²) in [5.74, 6) is 1.21. The van der Waals surface area contributed by atoms with Crippen LogP contribution in [0.1, 0.15) is 55.0 Å². The molecule has 27 heavy (non-hydrogen) atoms. The van der Waals surface area contributed by atoms with Gasteiger partial charge in [0.15, 0.2) is 0 Å². The number of halogens is 2. The van der Waals surface area contributed by atoms with Crippen LogP contribution in [0.15, 0.2) is 24.3 Å². The van der Waals surface area contributed by atoms with E-state index in [1.54, 1.807) is 4.68 Å². The van der Waals surface area contributed by atoms with Crippen LogP contribution in [-0.4, -0.2) is 40.3 Å². The number of hydrogen-bond donors (Lipinski definition) is 2. The van der Waals surface area contributed by atoms with Crippen molar-refractivity contribution in [2.75, 3.05) is 19.6 Å². The van der Waals surface area contributed by atoms with Crippen LogP contribution in [0.5, 0.6) is 0 Å². The minimum Gasteiger partial charge on any atom is -0.349 e. The van der Waals surface area contributed by atoms with E-state index >= 15 is 0 Å². The maximum atomic E-state index is 12.7. The third kappa shape index (κ3) is 4.45. The van der Waals surface area contributed by atoms with Gasteiger partial charge in [0, 0.05) is 12.5 Å². The van der Waals surface area contributed by atoms with Gasteiger partial charge in [0.2, 0.25) is 5.82 Å². The van der Waals surface area contributed by atoms with E-state index in [1.165, 1.54) is 0 Å². The van der Waals surface area contributed by atoms with E-state index in [0.29, 0.717) is 17.5 Å². The Kier molecular flexibility index (Phi) is 6.08. The highest BCUT2D eigenvalue weighted by molar-refractivity contribution is 6.32. The second-order valence-corrected chi connectivity index (χ2v) is 8.08. The second kappa shape index (κ2) is 8.17. The summed E-state index contributed by atoms with van der Waals surface area (Å²) >= 11 is 6.33. The van der Waals surface area contributed by atoms with Gasteiger partial charge in [-0.15, -0.1) is 17.5 Å². The monoisotopic (exact) mass is 409 g/mol. The lowest BCUT2D eigenvalue weighted by Crippen LogP contribution is -2.43. The number of amides is 1. The van der Waals surface area contributed by atoms with Gasteiger partial charge >= 0.3 is 0 Å². The zero-order chi connectivity index (χ0) is 18.1. The molecule has 1 aromatic heterocycles. The Morgan fingerprint density at radius 3 is 2.70 bits per heavy atom. The number of piperidine rings is 1. The molecule has 8 heteroatoms. The topological polar surface area (TPSA) is 71.8 Å². The molecule has 4 rings (SSSR count). The first kappa shape index (κ1) is 20.1. The van der Waals surface area contributed by atoms with E-state index in [9.17, 15) is 4.79 Å². The minimum absolute atomic E-state index is 0. The Hall–Kier alpha value is -1.63. The summed E-state index contributed by atoms with van der Waals surface area (Å²) in [5.41, 5.74) is 0.902. The Labute approximate surface area is 170 Å². The van der Waals surface area contributed by atoms with Gasteiger partial charge in [-0.25, -0.2) is 9.67 Å². The summed E-state index contributed by atoms with van der Waals surface area (Å²) in [6.07, 6.45) is 4.27. The predicted molar refractivity (Wildman–Crippen MR) is 108 cm³/mol. The summed E-state index contributed by atoms with van der Waals surface area (Å²) in [7, 11) is 0. The Bertz CT molecular complexity index is 812. The van der Waals surface area contributed by atoms with Gasteiger partial charge in [-0.2, -0.15) is 0 Å². The maximum Gasteiger partial charge on any atom is 0.291 e. The highest BCUT2D eigenvalue weighted by Crippen LogP contribution is 2.40. The molecule has 1 aliphatic heterocycles. The fourth-order valence-electron chi connectivity index (χ4n) is 3.41. The van der Waals surface area contributed by atoms with Crippen molar-refractivity contribution in [1.82, 2.24) is 25.4 Å². The van der Waals surface area contributed by atoms with Crippen molar-refractivity contribution in [2.24, 2.45) is 5.41 Å². The van der Waals surface area contributed by atoms with Gasteiger partial charge in [0.05, 0.1) is 10.7 Å². The second-order valence-electron chi connectivity index (χ2n) is 7.67. The number of carbonyl (C=O) groups is 1. The molecule has 0 unspecified atom stereocenters. The molecular weight excluding hydrogens is 385 g/mol. The number of para-hydroxylation sites is 1. The van der Waals surface area contributed by atoms with Gasteiger partial charge in [-0.1, -0.05) is 30.7 Å². The highest BCUT2D eigenvalue weighted by Gasteiger charge is 2.33. The van der Waals surface area contributed by atoms with Gasteiger partial charge in [0.1, 0.15) is 5.82 Å². The average Bonchev–Trinajstić information content (AvgIpc) is 3.40. The van der Waals surface area contributed by atoms with Crippen LogP contribution in [0.3, 0.4) is 0 Å². The molecule has 1 saturated carbocycles. The molecule has 0 atom stereocenters. The van der Waals surface area contributed by atoms with Gasteiger partial charge in [-0.05, 0) is 56.3 Å². The Balaban J connectivity index is 0.00000210. The van der Waals surface area contributed by atoms with E-state index in [0.717, 1.165) is 50.3 Å². The summed E-state index contributed by atoms with van der Waals surface area (Å²) in [6.45, 7) is 4.86. The van der Waals surface area contributed by atoms with Crippen molar-refractivity contribution in [1.29, 1.82) is 0 Å². The molecule has 1 aromatic carbocycles. The molecule has 0 spiro atoms. The van der Waals surface area contributed by atoms with Crippen LogP contribution in [0.2, 0.25) is 5.02 Å². The zero-order valence-electron chi connectivity index (χ0n) is 15.4. The van der Waals surface area contributed by atoms with Crippen molar-refractivity contribution in [3.63, 3.8) is 0 Å². The number of rotatable bonds is 5. The molecule has 1 aliphatic carbocycles. The molecule has 1 amide bonds. The zero-order valence-corrected chi connectivity index (χ0v) is 16.9. The first-order valence-electron chi connectivity index (χ1n) is 9.26. The predicted octanol–water partition coefficient (Wildman–Crippen LogP) is 3.34. The van der Waals surface area contributed by atoms with Crippen molar-refractivity contribution < 1.29 is 4.79 Å². The number of nitrogens with one attached hydrogen (secondary N) is 2. The number of aromatic nitrogens is 3. The van der Waals surface area contributed by atoms with E-state index in [2.05, 4.69) is 27.6 Å². The minimum atomic E-state index is -0.211. The molecule has 2 aliphatic rings. The van der Waals surface area contributed by atoms with E-state index in [-0.39, 0.29) is 29.6 Å². The van der Waals surface area contributed by atoms with Gasteiger partial charge in [0.25, 0.3) is 5.91 Å². The van der Waals surface area contributed by atoms with E-state index < -0.39 is 0 Å². The number of nitrogens with zero attached hydrogens (tertiary/aromatic N) is 3. The molecule has 2 heterocycles. The van der Waals surface area contributed by atoms with Crippen LogP contribution in [0, 0.1) is 5.41 Å². The van der Waals surface area contributed by atoms with Crippen LogP contribution >= 0.6 is 24.0 Å². The fraction of sp³-hybridized carbons (Fsp3) is 0.526. The van der Waals surface area contributed by atoms with Crippen molar-refractivity contribution in [3.8, 4) is 5.69 Å². The standard InChI is InChI=1S/C19H24ClN5O.ClH/c1-19(8-10-21-11-9-19)12-22-18(26)16-23-17(13-6-7-13)25(24-16)15-5-3-2-4-14(15)20;/h2-5,13,21H,6-12H2,1H3,(H,22,26);1H. The SMILES string of the molecule is CC1(CNC(=O)c2nc(C3CC3)n(-c3ccccc3Cl)n2)CCNCC1.Cl. The molecule has 2 fully saturated rings. The quantitative estimate of drug-likeness (QED) is 0.793. The van der Waals surface area contributed by atoms with Gasteiger partial charge < -0.3 is 10.6 Å². The molecule has 0 radical (unpaired) electrons. The van der Waals surface area contributed by atoms with Crippen molar-refractivity contribution in [3.05, 3.63) is 40.9 Å². The molecule has 2 aromatic rings. The largest absolute Gasteiger partial charge is 0.349 e. The first-order chi connectivity index (χ1) is 12.6. The third-order valence-corrected chi connectivity index (χ3v) is 5.66. The average molecular weight is 410 g/mol. The normalized spacial score (nSPS) is 18.6. The van der Waals surface area contributed by atoms with Crippen LogP contribution in [0.4, 0.5) is 0 Å². The lowest BCUT2D eigenvalue weighted by molar-refractivity contribution is 0.0912. The summed E-state index contributed by atoms with van der Waals surface area (Å²) in [4.78, 5) is 17.2. The summed E-state index contributed by atoms with van der Waals surface area (Å²) in [5, 5.41) is 11.5. The van der Waals surface area contributed by atoms with Crippen molar-refractivity contribution >= 4 is 29.9 Å². The molecule has 1 saturated heterocycles. The Morgan fingerprint density at radius 1 is 1.33 bits per heavy atom. The number of carbonyl (C=O) groups excluding carboxylic acids is 1. The smallest absolute Gasteiger partial charge is 0.291 e. The van der Waals surface area contributed by atoms with Gasteiger partial charge in [-0.3, -0.25) is 4.79 Å². The molecular formula is C19H25Cl2N5O. The van der Waals surface area contributed by atoms with Crippen LogP contribution in [0.25, 0.3) is 5.69 Å². The Morgan fingerprint density at radius 2 is 2.04 bits per heavy atom. The molecule has 6 nitrogen and oxygen atoms in total. The van der Waals surface area contributed by atoms with Crippen molar-refractivity contribution in [2.45, 2.75) is 38.5 Å². The fourth-order valence-corrected chi connectivity index (χ4v) is 3.62. The maximum absolute atomic E-state index is 12.7. The number of benzene rings is 1. The van der Waals surface area contributed by atoms with Crippen LogP contribution < -0.4 is 10.6 Å². The lowest BCUT2D eigenvalue weighted by atomic mass is 9.81. The first-order valence-corrected chi connectivity index (χ1v) is 9.64. The summed E-state index contributed by atoms with van der Waals surface area (Å²) in [6, 6.07) is 7.53. The highest BCUT2D eigenvalue weighted by atomic mass is 35.5. The van der Waals surface area contributed by atoms with E-state index in [1.807, 2.05) is 24.3 Å².